The smallest absolute Gasteiger partial charge is 0.306 e. The van der Waals surface area contributed by atoms with E-state index in [4.69, 9.17) is 0 Å². The van der Waals surface area contributed by atoms with Crippen molar-refractivity contribution in [3.63, 3.8) is 0 Å². The van der Waals surface area contributed by atoms with Crippen LogP contribution in [0.15, 0.2) is 0 Å². The maximum atomic E-state index is 11.8. The van der Waals surface area contributed by atoms with Crippen molar-refractivity contribution >= 4 is 11.9 Å². The van der Waals surface area contributed by atoms with Gasteiger partial charge < -0.3 is 15.7 Å². The molecule has 1 saturated carbocycles. The van der Waals surface area contributed by atoms with Gasteiger partial charge in [-0.15, -0.1) is 0 Å². The first-order valence-corrected chi connectivity index (χ1v) is 7.65. The minimum absolute atomic E-state index is 0.0126. The Labute approximate surface area is 121 Å². The minimum Gasteiger partial charge on any atom is -0.481 e. The summed E-state index contributed by atoms with van der Waals surface area (Å²) in [5.74, 6) is -0.403. The lowest BCUT2D eigenvalue weighted by Gasteiger charge is -2.29. The Hall–Kier alpha value is -1.10. The number of carbonyl (C=O) groups is 2. The predicted molar refractivity (Wildman–Crippen MR) is 78.4 cm³/mol. The van der Waals surface area contributed by atoms with Crippen molar-refractivity contribution < 1.29 is 14.7 Å². The largest absolute Gasteiger partial charge is 0.481 e. The summed E-state index contributed by atoms with van der Waals surface area (Å²) >= 11 is 0. The van der Waals surface area contributed by atoms with Gasteiger partial charge in [0.15, 0.2) is 0 Å². The van der Waals surface area contributed by atoms with Crippen LogP contribution in [0.4, 0.5) is 0 Å². The molecule has 0 radical (unpaired) electrons. The summed E-state index contributed by atoms with van der Waals surface area (Å²) in [7, 11) is 0. The number of carboxylic acid groups (broad SMARTS) is 1. The molecule has 0 saturated heterocycles. The van der Waals surface area contributed by atoms with E-state index >= 15 is 0 Å². The SMILES string of the molecule is CC(C)CNC(=O)C(C)NCC1CCCCC1C(=O)O. The van der Waals surface area contributed by atoms with E-state index in [0.29, 0.717) is 19.0 Å². The molecule has 1 aliphatic rings. The highest BCUT2D eigenvalue weighted by Crippen LogP contribution is 2.29. The first-order valence-electron chi connectivity index (χ1n) is 7.65. The second-order valence-electron chi connectivity index (χ2n) is 6.26. The van der Waals surface area contributed by atoms with Crippen molar-refractivity contribution in [1.82, 2.24) is 10.6 Å². The highest BCUT2D eigenvalue weighted by atomic mass is 16.4. The van der Waals surface area contributed by atoms with Gasteiger partial charge in [0.2, 0.25) is 5.91 Å². The molecule has 0 heterocycles. The van der Waals surface area contributed by atoms with Gasteiger partial charge in [0, 0.05) is 6.54 Å². The molecule has 3 unspecified atom stereocenters. The average molecular weight is 284 g/mol. The van der Waals surface area contributed by atoms with Gasteiger partial charge in [0.05, 0.1) is 12.0 Å². The molecule has 0 aromatic rings. The van der Waals surface area contributed by atoms with Gasteiger partial charge in [-0.25, -0.2) is 0 Å². The van der Waals surface area contributed by atoms with Crippen LogP contribution in [-0.4, -0.2) is 36.1 Å². The third kappa shape index (κ3) is 5.49. The van der Waals surface area contributed by atoms with Crippen molar-refractivity contribution in [3.05, 3.63) is 0 Å². The zero-order valence-electron chi connectivity index (χ0n) is 12.8. The number of carboxylic acids is 1. The highest BCUT2D eigenvalue weighted by molar-refractivity contribution is 5.81. The quantitative estimate of drug-likeness (QED) is 0.664. The van der Waals surface area contributed by atoms with Gasteiger partial charge in [-0.2, -0.15) is 0 Å². The second-order valence-corrected chi connectivity index (χ2v) is 6.26. The molecule has 1 amide bonds. The fraction of sp³-hybridized carbons (Fsp3) is 0.867. The van der Waals surface area contributed by atoms with Crippen LogP contribution in [0, 0.1) is 17.8 Å². The summed E-state index contributed by atoms with van der Waals surface area (Å²) in [5.41, 5.74) is 0. The molecule has 116 valence electrons. The molecule has 1 fully saturated rings. The summed E-state index contributed by atoms with van der Waals surface area (Å²) < 4.78 is 0. The Balaban J connectivity index is 2.36. The number of carbonyl (C=O) groups excluding carboxylic acids is 1. The molecule has 5 heteroatoms. The lowest BCUT2D eigenvalue weighted by atomic mass is 9.79. The van der Waals surface area contributed by atoms with Crippen LogP contribution in [0.2, 0.25) is 0 Å². The van der Waals surface area contributed by atoms with Gasteiger partial charge in [-0.1, -0.05) is 26.7 Å². The molecule has 5 nitrogen and oxygen atoms in total. The monoisotopic (exact) mass is 284 g/mol. The van der Waals surface area contributed by atoms with Gasteiger partial charge >= 0.3 is 5.97 Å². The van der Waals surface area contributed by atoms with Gasteiger partial charge in [0.1, 0.15) is 0 Å². The van der Waals surface area contributed by atoms with Crippen molar-refractivity contribution in [3.8, 4) is 0 Å². The summed E-state index contributed by atoms with van der Waals surface area (Å²) in [6, 6.07) is -0.273. The molecular formula is C15H28N2O3. The molecule has 3 atom stereocenters. The third-order valence-corrected chi connectivity index (χ3v) is 3.99. The minimum atomic E-state index is -0.701. The summed E-state index contributed by atoms with van der Waals surface area (Å²) in [4.78, 5) is 23.1. The third-order valence-electron chi connectivity index (χ3n) is 3.99. The van der Waals surface area contributed by atoms with Crippen molar-refractivity contribution in [2.45, 2.75) is 52.5 Å². The number of aliphatic carboxylic acids is 1. The summed E-state index contributed by atoms with van der Waals surface area (Å²) in [6.07, 6.45) is 3.78. The zero-order chi connectivity index (χ0) is 15.1. The van der Waals surface area contributed by atoms with Gasteiger partial charge in [0.25, 0.3) is 0 Å². The standard InChI is InChI=1S/C15H28N2O3/c1-10(2)8-17-14(18)11(3)16-9-12-6-4-5-7-13(12)15(19)20/h10-13,16H,4-9H2,1-3H3,(H,17,18)(H,19,20). The van der Waals surface area contributed by atoms with E-state index in [9.17, 15) is 14.7 Å². The molecule has 1 aliphatic carbocycles. The first kappa shape index (κ1) is 17.0. The van der Waals surface area contributed by atoms with Crippen molar-refractivity contribution in [1.29, 1.82) is 0 Å². The van der Waals surface area contributed by atoms with Crippen molar-refractivity contribution in [2.75, 3.05) is 13.1 Å². The Morgan fingerprint density at radius 1 is 1.20 bits per heavy atom. The topological polar surface area (TPSA) is 78.4 Å². The molecule has 20 heavy (non-hydrogen) atoms. The number of hydrogen-bond acceptors (Lipinski definition) is 3. The van der Waals surface area contributed by atoms with Crippen LogP contribution in [0.25, 0.3) is 0 Å². The summed E-state index contributed by atoms with van der Waals surface area (Å²) in [6.45, 7) is 7.21. The Bertz CT molecular complexity index is 331. The Morgan fingerprint density at radius 3 is 2.45 bits per heavy atom. The molecule has 3 N–H and O–H groups in total. The lowest BCUT2D eigenvalue weighted by molar-refractivity contribution is -0.144. The van der Waals surface area contributed by atoms with Crippen LogP contribution in [0.1, 0.15) is 46.5 Å². The fourth-order valence-corrected chi connectivity index (χ4v) is 2.66. The van der Waals surface area contributed by atoms with E-state index in [2.05, 4.69) is 24.5 Å². The number of nitrogens with one attached hydrogen (secondary N) is 2. The Morgan fingerprint density at radius 2 is 1.85 bits per heavy atom. The molecule has 0 spiro atoms. The van der Waals surface area contributed by atoms with E-state index in [1.807, 2.05) is 6.92 Å². The van der Waals surface area contributed by atoms with Crippen LogP contribution in [0.3, 0.4) is 0 Å². The number of hydrogen-bond donors (Lipinski definition) is 3. The molecular weight excluding hydrogens is 256 g/mol. The van der Waals surface area contributed by atoms with Crippen LogP contribution >= 0.6 is 0 Å². The second kappa shape index (κ2) is 8.25. The normalized spacial score (nSPS) is 24.4. The molecule has 1 rings (SSSR count). The molecule has 0 aromatic carbocycles. The molecule has 0 aromatic heterocycles. The maximum absolute atomic E-state index is 11.8. The van der Waals surface area contributed by atoms with E-state index < -0.39 is 5.97 Å². The van der Waals surface area contributed by atoms with E-state index in [1.54, 1.807) is 0 Å². The number of amides is 1. The Kier molecular flexibility index (Phi) is 6.99. The van der Waals surface area contributed by atoms with E-state index in [0.717, 1.165) is 25.7 Å². The van der Waals surface area contributed by atoms with Crippen LogP contribution < -0.4 is 10.6 Å². The molecule has 0 aliphatic heterocycles. The van der Waals surface area contributed by atoms with Gasteiger partial charge in [-0.3, -0.25) is 9.59 Å². The first-order chi connectivity index (χ1) is 9.41. The van der Waals surface area contributed by atoms with E-state index in [1.165, 1.54) is 0 Å². The van der Waals surface area contributed by atoms with Crippen molar-refractivity contribution in [2.24, 2.45) is 17.8 Å². The maximum Gasteiger partial charge on any atom is 0.306 e. The average Bonchev–Trinajstić information content (AvgIpc) is 2.42. The van der Waals surface area contributed by atoms with Crippen LogP contribution in [-0.2, 0) is 9.59 Å². The highest BCUT2D eigenvalue weighted by Gasteiger charge is 2.31. The summed E-state index contributed by atoms with van der Waals surface area (Å²) in [5, 5.41) is 15.3. The number of rotatable bonds is 7. The lowest BCUT2D eigenvalue weighted by Crippen LogP contribution is -2.46. The van der Waals surface area contributed by atoms with Gasteiger partial charge in [-0.05, 0) is 38.1 Å². The fourth-order valence-electron chi connectivity index (χ4n) is 2.66. The van der Waals surface area contributed by atoms with Crippen LogP contribution in [0.5, 0.6) is 0 Å². The predicted octanol–water partition coefficient (Wildman–Crippen LogP) is 1.63. The molecule has 0 bridgehead atoms. The van der Waals surface area contributed by atoms with E-state index in [-0.39, 0.29) is 23.8 Å². The zero-order valence-corrected chi connectivity index (χ0v) is 12.8.